The van der Waals surface area contributed by atoms with Gasteiger partial charge in [0.25, 0.3) is 5.91 Å². The Morgan fingerprint density at radius 2 is 2.20 bits per heavy atom. The Morgan fingerprint density at radius 3 is 2.88 bits per heavy atom. The van der Waals surface area contributed by atoms with Crippen LogP contribution in [0.3, 0.4) is 0 Å². The van der Waals surface area contributed by atoms with Crippen molar-refractivity contribution in [2.45, 2.75) is 39.0 Å². The average molecular weight is 346 g/mol. The van der Waals surface area contributed by atoms with E-state index in [4.69, 9.17) is 0 Å². The van der Waals surface area contributed by atoms with E-state index >= 15 is 0 Å². The number of carbonyl (C=O) groups excluding carboxylic acids is 1. The third kappa shape index (κ3) is 4.01. The number of imidazole rings is 1. The average Bonchev–Trinajstić information content (AvgIpc) is 3.11. The Hall–Kier alpha value is -2.35. The second kappa shape index (κ2) is 7.26. The summed E-state index contributed by atoms with van der Waals surface area (Å²) in [6.45, 7) is 4.88. The lowest BCUT2D eigenvalue weighted by Crippen LogP contribution is -2.40. The highest BCUT2D eigenvalue weighted by molar-refractivity contribution is 5.94. The Kier molecular flexibility index (Phi) is 5.08. The van der Waals surface area contributed by atoms with Crippen molar-refractivity contribution in [1.82, 2.24) is 29.7 Å². The first kappa shape index (κ1) is 17.5. The maximum Gasteiger partial charge on any atom is 0.254 e. The summed E-state index contributed by atoms with van der Waals surface area (Å²) in [5, 5.41) is 2.89. The largest absolute Gasteiger partial charge is 0.350 e. The highest BCUT2D eigenvalue weighted by Gasteiger charge is 2.33. The molecule has 0 aromatic carbocycles. The van der Waals surface area contributed by atoms with Gasteiger partial charge in [0.05, 0.1) is 17.8 Å². The second-order valence-corrected chi connectivity index (χ2v) is 6.50. The first-order valence-electron chi connectivity index (χ1n) is 8.36. The van der Waals surface area contributed by atoms with Crippen molar-refractivity contribution < 1.29 is 9.18 Å². The number of amides is 1. The minimum atomic E-state index is -0.883. The van der Waals surface area contributed by atoms with Crippen LogP contribution in [0.2, 0.25) is 0 Å². The normalized spacial score (nSPS) is 20.8. The molecule has 8 heteroatoms. The molecule has 134 valence electrons. The first-order valence-corrected chi connectivity index (χ1v) is 8.36. The van der Waals surface area contributed by atoms with E-state index in [2.05, 4.69) is 20.3 Å². The molecule has 0 aliphatic carbocycles. The third-order valence-electron chi connectivity index (χ3n) is 4.58. The van der Waals surface area contributed by atoms with Gasteiger partial charge < -0.3 is 9.88 Å². The quantitative estimate of drug-likeness (QED) is 0.879. The lowest BCUT2D eigenvalue weighted by atomic mass is 10.2. The monoisotopic (exact) mass is 346 g/mol. The topological polar surface area (TPSA) is 75.9 Å². The lowest BCUT2D eigenvalue weighted by molar-refractivity contribution is 0.0938. The van der Waals surface area contributed by atoms with Crippen molar-refractivity contribution >= 4 is 5.91 Å². The molecule has 1 amide bonds. The van der Waals surface area contributed by atoms with Gasteiger partial charge in [0, 0.05) is 44.8 Å². The fraction of sp³-hybridized carbons (Fsp3) is 0.529. The number of likely N-dealkylation sites (tertiary alicyclic amines) is 1. The van der Waals surface area contributed by atoms with Gasteiger partial charge in [-0.15, -0.1) is 0 Å². The van der Waals surface area contributed by atoms with Crippen LogP contribution in [0.5, 0.6) is 0 Å². The third-order valence-corrected chi connectivity index (χ3v) is 4.58. The number of rotatable bonds is 5. The summed E-state index contributed by atoms with van der Waals surface area (Å²) < 4.78 is 15.8. The Balaban J connectivity index is 1.62. The van der Waals surface area contributed by atoms with Gasteiger partial charge in [-0.25, -0.2) is 19.3 Å². The molecule has 1 aliphatic rings. The Labute approximate surface area is 146 Å². The van der Waals surface area contributed by atoms with Gasteiger partial charge in [0.1, 0.15) is 17.8 Å². The van der Waals surface area contributed by atoms with Gasteiger partial charge >= 0.3 is 0 Å². The van der Waals surface area contributed by atoms with Crippen LogP contribution in [0.1, 0.15) is 34.1 Å². The molecule has 2 aromatic rings. The molecular weight excluding hydrogens is 323 g/mol. The summed E-state index contributed by atoms with van der Waals surface area (Å²) in [7, 11) is 1.92. The molecule has 3 rings (SSSR count). The van der Waals surface area contributed by atoms with Crippen molar-refractivity contribution in [2.24, 2.45) is 7.05 Å². The van der Waals surface area contributed by atoms with Crippen LogP contribution in [-0.4, -0.2) is 55.6 Å². The van der Waals surface area contributed by atoms with E-state index in [1.165, 1.54) is 6.20 Å². The maximum atomic E-state index is 13.9. The standard InChI is InChI=1S/C17H23FN6O/c1-11-15(8-20-12(2)22-11)17(25)21-7-14-6-13(18)9-24(14)10-16-19-4-5-23(16)3/h4-5,8,13-14H,6-7,9-10H2,1-3H3,(H,21,25)/t13-,14-/m0/s1. The summed E-state index contributed by atoms with van der Waals surface area (Å²) >= 11 is 0. The molecule has 0 spiro atoms. The molecule has 1 saturated heterocycles. The molecule has 1 N–H and O–H groups in total. The van der Waals surface area contributed by atoms with Crippen LogP contribution >= 0.6 is 0 Å². The number of aryl methyl sites for hydroxylation is 3. The summed E-state index contributed by atoms with van der Waals surface area (Å²) in [5.74, 6) is 1.29. The van der Waals surface area contributed by atoms with Gasteiger partial charge in [-0.1, -0.05) is 0 Å². The van der Waals surface area contributed by atoms with Crippen LogP contribution in [0.4, 0.5) is 4.39 Å². The van der Waals surface area contributed by atoms with Crippen molar-refractivity contribution in [3.05, 3.63) is 41.5 Å². The predicted octanol–water partition coefficient (Wildman–Crippen LogP) is 1.17. The molecule has 25 heavy (non-hydrogen) atoms. The molecule has 1 fully saturated rings. The molecule has 0 radical (unpaired) electrons. The number of hydrogen-bond acceptors (Lipinski definition) is 5. The van der Waals surface area contributed by atoms with Gasteiger partial charge in [0.15, 0.2) is 0 Å². The van der Waals surface area contributed by atoms with E-state index in [1.54, 1.807) is 20.0 Å². The lowest BCUT2D eigenvalue weighted by Gasteiger charge is -2.24. The minimum Gasteiger partial charge on any atom is -0.350 e. The Bertz CT molecular complexity index is 761. The van der Waals surface area contributed by atoms with Crippen LogP contribution in [0.15, 0.2) is 18.6 Å². The number of hydrogen-bond donors (Lipinski definition) is 1. The molecule has 3 heterocycles. The van der Waals surface area contributed by atoms with Crippen molar-refractivity contribution in [1.29, 1.82) is 0 Å². The zero-order valence-electron chi connectivity index (χ0n) is 14.7. The van der Waals surface area contributed by atoms with E-state index in [-0.39, 0.29) is 11.9 Å². The molecule has 0 bridgehead atoms. The SMILES string of the molecule is Cc1ncc(C(=O)NC[C@@H]2C[C@H](F)CN2Cc2nccn2C)c(C)n1. The number of aromatic nitrogens is 4. The van der Waals surface area contributed by atoms with E-state index < -0.39 is 6.17 Å². The first-order chi connectivity index (χ1) is 11.9. The summed E-state index contributed by atoms with van der Waals surface area (Å²) in [4.78, 5) is 27.0. The Morgan fingerprint density at radius 1 is 1.40 bits per heavy atom. The molecule has 0 saturated carbocycles. The van der Waals surface area contributed by atoms with Crippen LogP contribution in [0, 0.1) is 13.8 Å². The smallest absolute Gasteiger partial charge is 0.254 e. The fourth-order valence-electron chi connectivity index (χ4n) is 3.17. The van der Waals surface area contributed by atoms with Gasteiger partial charge in [-0.3, -0.25) is 9.69 Å². The molecule has 7 nitrogen and oxygen atoms in total. The van der Waals surface area contributed by atoms with Crippen molar-refractivity contribution in [2.75, 3.05) is 13.1 Å². The van der Waals surface area contributed by atoms with Gasteiger partial charge in [-0.05, 0) is 20.3 Å². The summed E-state index contributed by atoms with van der Waals surface area (Å²) in [6.07, 6.45) is 4.66. The minimum absolute atomic E-state index is 0.0534. The van der Waals surface area contributed by atoms with Crippen molar-refractivity contribution in [3.8, 4) is 0 Å². The number of halogens is 1. The van der Waals surface area contributed by atoms with Crippen LogP contribution in [-0.2, 0) is 13.6 Å². The molecular formula is C17H23FN6O. The predicted molar refractivity (Wildman–Crippen MR) is 90.8 cm³/mol. The van der Waals surface area contributed by atoms with Crippen LogP contribution < -0.4 is 5.32 Å². The number of nitrogens with one attached hydrogen (secondary N) is 1. The summed E-state index contributed by atoms with van der Waals surface area (Å²) in [5.41, 5.74) is 1.10. The highest BCUT2D eigenvalue weighted by Crippen LogP contribution is 2.22. The number of alkyl halides is 1. The van der Waals surface area contributed by atoms with Crippen LogP contribution in [0.25, 0.3) is 0 Å². The van der Waals surface area contributed by atoms with Gasteiger partial charge in [-0.2, -0.15) is 0 Å². The molecule has 0 unspecified atom stereocenters. The maximum absolute atomic E-state index is 13.9. The fourth-order valence-corrected chi connectivity index (χ4v) is 3.17. The van der Waals surface area contributed by atoms with Crippen molar-refractivity contribution in [3.63, 3.8) is 0 Å². The zero-order chi connectivity index (χ0) is 18.0. The van der Waals surface area contributed by atoms with E-state index in [0.717, 1.165) is 5.82 Å². The molecule has 1 aliphatic heterocycles. The van der Waals surface area contributed by atoms with Gasteiger partial charge in [0.2, 0.25) is 0 Å². The van der Waals surface area contributed by atoms with E-state index in [0.29, 0.717) is 43.1 Å². The molecule has 2 aromatic heterocycles. The highest BCUT2D eigenvalue weighted by atomic mass is 19.1. The number of nitrogens with zero attached hydrogens (tertiary/aromatic N) is 5. The summed E-state index contributed by atoms with van der Waals surface area (Å²) in [6, 6.07) is -0.0534. The molecule has 2 atom stereocenters. The zero-order valence-corrected chi connectivity index (χ0v) is 14.7. The second-order valence-electron chi connectivity index (χ2n) is 6.50. The number of carbonyl (C=O) groups is 1. The van der Waals surface area contributed by atoms with E-state index in [1.807, 2.05) is 22.7 Å². The van der Waals surface area contributed by atoms with E-state index in [9.17, 15) is 9.18 Å².